The summed E-state index contributed by atoms with van der Waals surface area (Å²) in [4.78, 5) is 1.14. The minimum atomic E-state index is -0.0490. The average Bonchev–Trinajstić information content (AvgIpc) is 2.86. The van der Waals surface area contributed by atoms with Crippen LogP contribution in [0.3, 0.4) is 0 Å². The highest BCUT2D eigenvalue weighted by atomic mass is 79.9. The summed E-state index contributed by atoms with van der Waals surface area (Å²) >= 11 is 5.12. The van der Waals surface area contributed by atoms with Crippen molar-refractivity contribution in [3.63, 3.8) is 0 Å². The highest BCUT2D eigenvalue weighted by molar-refractivity contribution is 9.11. The number of nitrogens with one attached hydrogen (secondary N) is 1. The normalized spacial score (nSPS) is 15.3. The van der Waals surface area contributed by atoms with Crippen molar-refractivity contribution >= 4 is 27.3 Å². The van der Waals surface area contributed by atoms with Crippen LogP contribution in [0.4, 0.5) is 0 Å². The summed E-state index contributed by atoms with van der Waals surface area (Å²) in [6, 6.07) is 9.93. The molecule has 4 nitrogen and oxygen atoms in total. The lowest BCUT2D eigenvalue weighted by Crippen LogP contribution is -2.28. The highest BCUT2D eigenvalue weighted by Crippen LogP contribution is 2.36. The second kappa shape index (κ2) is 5.50. The molecule has 0 saturated carbocycles. The fourth-order valence-electron chi connectivity index (χ4n) is 2.07. The van der Waals surface area contributed by atoms with Gasteiger partial charge in [0, 0.05) is 4.88 Å². The van der Waals surface area contributed by atoms with Crippen LogP contribution in [0, 0.1) is 0 Å². The van der Waals surface area contributed by atoms with Crippen molar-refractivity contribution in [1.29, 1.82) is 0 Å². The van der Waals surface area contributed by atoms with Crippen LogP contribution in [0.5, 0.6) is 11.5 Å². The van der Waals surface area contributed by atoms with Gasteiger partial charge in [-0.25, -0.2) is 5.43 Å². The Morgan fingerprint density at radius 1 is 1.16 bits per heavy atom. The Balaban J connectivity index is 1.95. The summed E-state index contributed by atoms with van der Waals surface area (Å²) in [5.41, 5.74) is 3.90. The van der Waals surface area contributed by atoms with Gasteiger partial charge in [-0.15, -0.1) is 11.3 Å². The first-order valence-corrected chi connectivity index (χ1v) is 7.50. The van der Waals surface area contributed by atoms with Gasteiger partial charge in [-0.2, -0.15) is 0 Å². The van der Waals surface area contributed by atoms with E-state index in [9.17, 15) is 0 Å². The molecule has 0 spiro atoms. The van der Waals surface area contributed by atoms with E-state index in [4.69, 9.17) is 15.3 Å². The maximum Gasteiger partial charge on any atom is 0.161 e. The molecule has 1 aromatic heterocycles. The fourth-order valence-corrected chi connectivity index (χ4v) is 3.58. The van der Waals surface area contributed by atoms with Crippen LogP contribution >= 0.6 is 27.3 Å². The summed E-state index contributed by atoms with van der Waals surface area (Å²) < 4.78 is 12.2. The van der Waals surface area contributed by atoms with Gasteiger partial charge in [-0.1, -0.05) is 6.07 Å². The maximum absolute atomic E-state index is 5.69. The first kappa shape index (κ1) is 12.9. The molecule has 0 radical (unpaired) electrons. The van der Waals surface area contributed by atoms with Crippen molar-refractivity contribution < 1.29 is 9.47 Å². The van der Waals surface area contributed by atoms with E-state index >= 15 is 0 Å². The number of benzene rings is 1. The predicted molar refractivity (Wildman–Crippen MR) is 78.6 cm³/mol. The van der Waals surface area contributed by atoms with Gasteiger partial charge in [-0.05, 0) is 45.8 Å². The van der Waals surface area contributed by atoms with Gasteiger partial charge in [0.2, 0.25) is 0 Å². The molecule has 0 amide bonds. The van der Waals surface area contributed by atoms with E-state index < -0.39 is 0 Å². The second-order valence-corrected chi connectivity index (χ2v) is 6.64. The standard InChI is InChI=1S/C13H13BrN2O2S/c14-12-4-3-11(19-12)13(16-15)8-1-2-9-10(7-8)18-6-5-17-9/h1-4,7,13,16H,5-6,15H2. The van der Waals surface area contributed by atoms with Crippen LogP contribution in [0.25, 0.3) is 0 Å². The molecule has 3 N–H and O–H groups in total. The van der Waals surface area contributed by atoms with Crippen LogP contribution in [0.1, 0.15) is 16.5 Å². The van der Waals surface area contributed by atoms with Crippen molar-refractivity contribution in [1.82, 2.24) is 5.43 Å². The summed E-state index contributed by atoms with van der Waals surface area (Å²) in [5, 5.41) is 0. The van der Waals surface area contributed by atoms with Gasteiger partial charge in [-0.3, -0.25) is 5.84 Å². The summed E-state index contributed by atoms with van der Waals surface area (Å²) in [6.45, 7) is 1.19. The number of halogens is 1. The smallest absolute Gasteiger partial charge is 0.161 e. The second-order valence-electron chi connectivity index (χ2n) is 4.14. The lowest BCUT2D eigenvalue weighted by molar-refractivity contribution is 0.171. The number of fused-ring (bicyclic) bond motifs is 1. The molecular weight excluding hydrogens is 328 g/mol. The molecule has 1 aliphatic rings. The molecule has 0 fully saturated rings. The van der Waals surface area contributed by atoms with Crippen molar-refractivity contribution in [2.45, 2.75) is 6.04 Å². The maximum atomic E-state index is 5.69. The van der Waals surface area contributed by atoms with Gasteiger partial charge >= 0.3 is 0 Å². The van der Waals surface area contributed by atoms with Crippen LogP contribution in [-0.4, -0.2) is 13.2 Å². The SMILES string of the molecule is NNC(c1ccc2c(c1)OCCO2)c1ccc(Br)s1. The predicted octanol–water partition coefficient (Wildman–Crippen LogP) is 2.83. The molecule has 1 aromatic carbocycles. The minimum absolute atomic E-state index is 0.0490. The third kappa shape index (κ3) is 2.62. The van der Waals surface area contributed by atoms with Crippen LogP contribution in [0.2, 0.25) is 0 Å². The van der Waals surface area contributed by atoms with Gasteiger partial charge in [0.25, 0.3) is 0 Å². The fraction of sp³-hybridized carbons (Fsp3) is 0.231. The Bertz CT molecular complexity index is 588. The molecule has 0 bridgehead atoms. The van der Waals surface area contributed by atoms with E-state index in [2.05, 4.69) is 27.4 Å². The third-order valence-corrected chi connectivity index (χ3v) is 4.63. The lowest BCUT2D eigenvalue weighted by Gasteiger charge is -2.21. The molecular formula is C13H13BrN2O2S. The van der Waals surface area contributed by atoms with Crippen molar-refractivity contribution in [2.75, 3.05) is 13.2 Å². The van der Waals surface area contributed by atoms with E-state index in [1.54, 1.807) is 11.3 Å². The molecule has 19 heavy (non-hydrogen) atoms. The molecule has 6 heteroatoms. The quantitative estimate of drug-likeness (QED) is 0.666. The molecule has 3 rings (SSSR count). The molecule has 0 saturated heterocycles. The highest BCUT2D eigenvalue weighted by Gasteiger charge is 2.18. The Labute approximate surface area is 123 Å². The number of hydrazine groups is 1. The molecule has 1 aliphatic heterocycles. The van der Waals surface area contributed by atoms with Crippen molar-refractivity contribution in [2.24, 2.45) is 5.84 Å². The van der Waals surface area contributed by atoms with Crippen molar-refractivity contribution in [3.05, 3.63) is 44.6 Å². The largest absolute Gasteiger partial charge is 0.486 e. The first-order valence-electron chi connectivity index (χ1n) is 5.89. The van der Waals surface area contributed by atoms with Crippen LogP contribution in [-0.2, 0) is 0 Å². The molecule has 1 unspecified atom stereocenters. The summed E-state index contributed by atoms with van der Waals surface area (Å²) in [5.74, 6) is 7.26. The van der Waals surface area contributed by atoms with Gasteiger partial charge in [0.1, 0.15) is 13.2 Å². The molecule has 2 heterocycles. The van der Waals surface area contributed by atoms with Crippen LogP contribution < -0.4 is 20.7 Å². The Kier molecular flexibility index (Phi) is 3.74. The summed E-state index contributed by atoms with van der Waals surface area (Å²) in [7, 11) is 0. The van der Waals surface area contributed by atoms with Gasteiger partial charge < -0.3 is 9.47 Å². The lowest BCUT2D eigenvalue weighted by atomic mass is 10.1. The molecule has 100 valence electrons. The number of hydrogen-bond donors (Lipinski definition) is 2. The van der Waals surface area contributed by atoms with E-state index in [0.717, 1.165) is 25.7 Å². The molecule has 2 aromatic rings. The Hall–Kier alpha value is -1.08. The monoisotopic (exact) mass is 340 g/mol. The van der Waals surface area contributed by atoms with Gasteiger partial charge in [0.15, 0.2) is 11.5 Å². The summed E-state index contributed by atoms with van der Waals surface area (Å²) in [6.07, 6.45) is 0. The minimum Gasteiger partial charge on any atom is -0.486 e. The molecule has 1 atom stereocenters. The van der Waals surface area contributed by atoms with E-state index in [0.29, 0.717) is 13.2 Å². The van der Waals surface area contributed by atoms with Crippen molar-refractivity contribution in [3.8, 4) is 11.5 Å². The Morgan fingerprint density at radius 2 is 1.95 bits per heavy atom. The third-order valence-electron chi connectivity index (χ3n) is 2.94. The van der Waals surface area contributed by atoms with E-state index in [1.807, 2.05) is 24.3 Å². The number of thiophene rings is 1. The number of hydrogen-bond acceptors (Lipinski definition) is 5. The molecule has 0 aliphatic carbocycles. The number of rotatable bonds is 3. The van der Waals surface area contributed by atoms with Crippen LogP contribution in [0.15, 0.2) is 34.1 Å². The number of ether oxygens (including phenoxy) is 2. The zero-order valence-electron chi connectivity index (χ0n) is 10.1. The number of nitrogens with two attached hydrogens (primary N) is 1. The average molecular weight is 341 g/mol. The Morgan fingerprint density at radius 3 is 2.63 bits per heavy atom. The zero-order chi connectivity index (χ0) is 13.2. The van der Waals surface area contributed by atoms with E-state index in [1.165, 1.54) is 0 Å². The van der Waals surface area contributed by atoms with Gasteiger partial charge in [0.05, 0.1) is 9.83 Å². The topological polar surface area (TPSA) is 56.5 Å². The zero-order valence-corrected chi connectivity index (χ0v) is 12.5. The first-order chi connectivity index (χ1) is 9.28. The van der Waals surface area contributed by atoms with E-state index in [-0.39, 0.29) is 6.04 Å².